The molecule has 3 aromatic heterocycles. The van der Waals surface area contributed by atoms with Crippen molar-refractivity contribution >= 4 is 46.7 Å². The fourth-order valence-corrected chi connectivity index (χ4v) is 4.57. The Balaban J connectivity index is 1.69. The van der Waals surface area contributed by atoms with Crippen molar-refractivity contribution in [2.75, 3.05) is 23.7 Å². The van der Waals surface area contributed by atoms with E-state index in [1.807, 2.05) is 0 Å². The molecule has 15 nitrogen and oxygen atoms in total. The maximum absolute atomic E-state index is 13.1. The zero-order valence-corrected chi connectivity index (χ0v) is 28.0. The number of nitrogens with one attached hydrogen (secondary N) is 6. The SMILES string of the molecule is CC(C)CCn1cc(NC(=O)c2ccc(C(=O)Nc3cc(C(=O)NCCC(=N)N)n(CCC(C)C)c3)nc2)cc1C(=O)NCCC(=N)N. The van der Waals surface area contributed by atoms with Crippen molar-refractivity contribution in [2.24, 2.45) is 23.3 Å². The van der Waals surface area contributed by atoms with Crippen LogP contribution in [-0.4, -0.2) is 62.5 Å². The lowest BCUT2D eigenvalue weighted by Gasteiger charge is -2.11. The van der Waals surface area contributed by atoms with Gasteiger partial charge in [0.25, 0.3) is 23.6 Å². The molecule has 0 saturated carbocycles. The Labute approximate surface area is 280 Å². The van der Waals surface area contributed by atoms with Gasteiger partial charge in [0.05, 0.1) is 28.6 Å². The molecule has 0 aliphatic carbocycles. The number of anilines is 2. The molecule has 3 rings (SSSR count). The lowest BCUT2D eigenvalue weighted by molar-refractivity contribution is 0.0937. The highest BCUT2D eigenvalue weighted by Gasteiger charge is 2.19. The molecule has 0 saturated heterocycles. The van der Waals surface area contributed by atoms with Crippen LogP contribution in [0, 0.1) is 22.7 Å². The Morgan fingerprint density at radius 1 is 0.729 bits per heavy atom. The second kappa shape index (κ2) is 17.4. The number of amidine groups is 2. The maximum atomic E-state index is 13.1. The van der Waals surface area contributed by atoms with Crippen molar-refractivity contribution in [2.45, 2.75) is 66.5 Å². The number of pyridine rings is 1. The lowest BCUT2D eigenvalue weighted by atomic mass is 10.1. The Morgan fingerprint density at radius 2 is 1.19 bits per heavy atom. The van der Waals surface area contributed by atoms with Crippen molar-refractivity contribution < 1.29 is 19.2 Å². The van der Waals surface area contributed by atoms with E-state index in [-0.39, 0.29) is 60.7 Å². The Hall–Kier alpha value is -5.47. The zero-order valence-electron chi connectivity index (χ0n) is 28.0. The third-order valence-corrected chi connectivity index (χ3v) is 7.29. The average molecular weight is 662 g/mol. The van der Waals surface area contributed by atoms with Crippen LogP contribution >= 0.6 is 0 Å². The minimum atomic E-state index is -0.519. The Kier molecular flexibility index (Phi) is 13.4. The number of amides is 4. The van der Waals surface area contributed by atoms with E-state index in [9.17, 15) is 19.2 Å². The van der Waals surface area contributed by atoms with Gasteiger partial charge < -0.3 is 41.9 Å². The molecule has 258 valence electrons. The molecule has 0 aliphatic rings. The van der Waals surface area contributed by atoms with Crippen LogP contribution in [0.25, 0.3) is 0 Å². The summed E-state index contributed by atoms with van der Waals surface area (Å²) in [5.74, 6) is -0.926. The van der Waals surface area contributed by atoms with E-state index in [1.54, 1.807) is 33.7 Å². The highest BCUT2D eigenvalue weighted by molar-refractivity contribution is 6.07. The summed E-state index contributed by atoms with van der Waals surface area (Å²) in [6.45, 7) is 9.89. The van der Waals surface area contributed by atoms with Crippen LogP contribution in [0.2, 0.25) is 0 Å². The number of hydrogen-bond acceptors (Lipinski definition) is 7. The monoisotopic (exact) mass is 661 g/mol. The summed E-state index contributed by atoms with van der Waals surface area (Å²) in [4.78, 5) is 55.9. The first-order valence-corrected chi connectivity index (χ1v) is 15.9. The normalized spacial score (nSPS) is 11.0. The van der Waals surface area contributed by atoms with Gasteiger partial charge in [0, 0.05) is 57.6 Å². The molecule has 0 bridgehead atoms. The molecule has 3 heterocycles. The molecule has 0 fully saturated rings. The first kappa shape index (κ1) is 37.0. The molecule has 0 spiro atoms. The number of rotatable bonds is 18. The van der Waals surface area contributed by atoms with E-state index in [0.29, 0.717) is 47.7 Å². The summed E-state index contributed by atoms with van der Waals surface area (Å²) in [5, 5.41) is 25.8. The summed E-state index contributed by atoms with van der Waals surface area (Å²) < 4.78 is 3.55. The fraction of sp³-hybridized carbons (Fsp3) is 0.424. The molecule has 0 radical (unpaired) electrons. The smallest absolute Gasteiger partial charge is 0.274 e. The van der Waals surface area contributed by atoms with Crippen molar-refractivity contribution in [3.05, 3.63) is 65.5 Å². The molecular formula is C33H47N11O4. The van der Waals surface area contributed by atoms with Gasteiger partial charge in [0.2, 0.25) is 0 Å². The predicted molar refractivity (Wildman–Crippen MR) is 186 cm³/mol. The van der Waals surface area contributed by atoms with Gasteiger partial charge in [-0.25, -0.2) is 0 Å². The fourth-order valence-electron chi connectivity index (χ4n) is 4.57. The number of aromatic nitrogens is 3. The summed E-state index contributed by atoms with van der Waals surface area (Å²) in [5.41, 5.74) is 12.6. The molecular weight excluding hydrogens is 614 g/mol. The van der Waals surface area contributed by atoms with E-state index >= 15 is 0 Å². The van der Waals surface area contributed by atoms with Gasteiger partial charge in [0.1, 0.15) is 17.1 Å². The van der Waals surface area contributed by atoms with E-state index in [4.69, 9.17) is 22.3 Å². The molecule has 10 N–H and O–H groups in total. The first-order chi connectivity index (χ1) is 22.7. The summed E-state index contributed by atoms with van der Waals surface area (Å²) in [6.07, 6.45) is 6.77. The van der Waals surface area contributed by atoms with Crippen molar-refractivity contribution in [3.8, 4) is 0 Å². The van der Waals surface area contributed by atoms with Crippen molar-refractivity contribution in [3.63, 3.8) is 0 Å². The third kappa shape index (κ3) is 11.4. The van der Waals surface area contributed by atoms with E-state index in [2.05, 4.69) is 53.9 Å². The lowest BCUT2D eigenvalue weighted by Crippen LogP contribution is -2.29. The number of nitrogens with two attached hydrogens (primary N) is 2. The van der Waals surface area contributed by atoms with Crippen molar-refractivity contribution in [1.82, 2.24) is 24.8 Å². The molecule has 4 amide bonds. The molecule has 0 unspecified atom stereocenters. The summed E-state index contributed by atoms with van der Waals surface area (Å²) in [6, 6.07) is 6.07. The van der Waals surface area contributed by atoms with Gasteiger partial charge in [-0.3, -0.25) is 35.0 Å². The van der Waals surface area contributed by atoms with Crippen LogP contribution in [-0.2, 0) is 13.1 Å². The molecule has 0 aliphatic heterocycles. The second-order valence-corrected chi connectivity index (χ2v) is 12.4. The van der Waals surface area contributed by atoms with E-state index in [1.165, 1.54) is 18.3 Å². The summed E-state index contributed by atoms with van der Waals surface area (Å²) in [7, 11) is 0. The highest BCUT2D eigenvalue weighted by atomic mass is 16.2. The Morgan fingerprint density at radius 3 is 1.58 bits per heavy atom. The number of carbonyl (C=O) groups excluding carboxylic acids is 4. The molecule has 48 heavy (non-hydrogen) atoms. The second-order valence-electron chi connectivity index (χ2n) is 12.4. The van der Waals surface area contributed by atoms with Gasteiger partial charge in [-0.15, -0.1) is 0 Å². The first-order valence-electron chi connectivity index (χ1n) is 15.9. The Bertz CT molecular complexity index is 1500. The number of aryl methyl sites for hydroxylation is 2. The third-order valence-electron chi connectivity index (χ3n) is 7.29. The zero-order chi connectivity index (χ0) is 35.4. The molecule has 15 heteroatoms. The van der Waals surface area contributed by atoms with Crippen LogP contribution in [0.1, 0.15) is 95.2 Å². The molecule has 0 atom stereocenters. The van der Waals surface area contributed by atoms with Gasteiger partial charge in [-0.05, 0) is 48.9 Å². The molecule has 3 aromatic rings. The standard InChI is InChI=1S/C33H47N11O4/c1-20(2)9-13-43-18-23(15-26(43)32(47)38-11-7-28(34)35)41-30(45)22-5-6-25(40-17-22)31(46)42-24-16-27(33(48)39-12-8-29(36)37)44(19-24)14-10-21(3)4/h5-6,15-21H,7-14H2,1-4H3,(H3,34,35)(H3,36,37)(H,38,47)(H,39,48)(H,41,45)(H,42,46). The van der Waals surface area contributed by atoms with Crippen molar-refractivity contribution in [1.29, 1.82) is 10.8 Å². The van der Waals surface area contributed by atoms with Gasteiger partial charge in [0.15, 0.2) is 0 Å². The van der Waals surface area contributed by atoms with E-state index in [0.717, 1.165) is 12.8 Å². The largest absolute Gasteiger partial charge is 0.388 e. The van der Waals surface area contributed by atoms with Crippen LogP contribution < -0.4 is 32.7 Å². The number of hydrogen-bond donors (Lipinski definition) is 8. The quantitative estimate of drug-likeness (QED) is 0.0746. The van der Waals surface area contributed by atoms with Crippen LogP contribution in [0.5, 0.6) is 0 Å². The minimum Gasteiger partial charge on any atom is -0.388 e. The number of carbonyl (C=O) groups is 4. The topological polar surface area (TPSA) is 239 Å². The van der Waals surface area contributed by atoms with Crippen LogP contribution in [0.15, 0.2) is 42.9 Å². The number of nitrogens with zero attached hydrogens (tertiary/aromatic N) is 3. The average Bonchev–Trinajstić information content (AvgIpc) is 3.62. The maximum Gasteiger partial charge on any atom is 0.274 e. The summed E-state index contributed by atoms with van der Waals surface area (Å²) >= 11 is 0. The van der Waals surface area contributed by atoms with Gasteiger partial charge >= 0.3 is 0 Å². The van der Waals surface area contributed by atoms with Crippen LogP contribution in [0.3, 0.4) is 0 Å². The van der Waals surface area contributed by atoms with Crippen LogP contribution in [0.4, 0.5) is 11.4 Å². The van der Waals surface area contributed by atoms with Gasteiger partial charge in [-0.1, -0.05) is 27.7 Å². The van der Waals surface area contributed by atoms with E-state index < -0.39 is 11.8 Å². The van der Waals surface area contributed by atoms with Gasteiger partial charge in [-0.2, -0.15) is 0 Å². The molecule has 0 aromatic carbocycles. The minimum absolute atomic E-state index is 0.0245. The predicted octanol–water partition coefficient (Wildman–Crippen LogP) is 3.39. The highest BCUT2D eigenvalue weighted by Crippen LogP contribution is 2.19.